The van der Waals surface area contributed by atoms with Crippen LogP contribution in [0.1, 0.15) is 18.3 Å². The third kappa shape index (κ3) is 1.83. The highest BCUT2D eigenvalue weighted by Gasteiger charge is 2.12. The maximum atomic E-state index is 12.8. The van der Waals surface area contributed by atoms with E-state index >= 15 is 0 Å². The van der Waals surface area contributed by atoms with Crippen LogP contribution in [0.3, 0.4) is 0 Å². The third-order valence-electron chi connectivity index (χ3n) is 2.11. The molecule has 0 radical (unpaired) electrons. The molecule has 0 aliphatic carbocycles. The average Bonchev–Trinajstić information content (AvgIpc) is 2.60. The van der Waals surface area contributed by atoms with Crippen molar-refractivity contribution in [2.45, 2.75) is 12.5 Å². The lowest BCUT2D eigenvalue weighted by molar-refractivity contribution is 0.157. The van der Waals surface area contributed by atoms with Crippen LogP contribution < -0.4 is 0 Å². The lowest BCUT2D eigenvalue weighted by Gasteiger charge is -1.99. The first-order valence-electron chi connectivity index (χ1n) is 4.44. The number of furan rings is 1. The minimum absolute atomic E-state index is 0.0394. The minimum Gasteiger partial charge on any atom is -0.458 e. The van der Waals surface area contributed by atoms with E-state index in [1.165, 1.54) is 18.2 Å². The molecule has 1 atom stereocenters. The second-order valence-corrected chi connectivity index (χ2v) is 3.21. The largest absolute Gasteiger partial charge is 0.458 e. The lowest BCUT2D eigenvalue weighted by atomic mass is 10.2. The van der Waals surface area contributed by atoms with Crippen LogP contribution >= 0.6 is 0 Å². The predicted octanol–water partition coefficient (Wildman–Crippen LogP) is 2.52. The van der Waals surface area contributed by atoms with Crippen LogP contribution in [0.5, 0.6) is 0 Å². The van der Waals surface area contributed by atoms with E-state index in [4.69, 9.17) is 9.68 Å². The van der Waals surface area contributed by atoms with Gasteiger partial charge >= 0.3 is 0 Å². The van der Waals surface area contributed by atoms with E-state index < -0.39 is 6.10 Å². The van der Waals surface area contributed by atoms with Crippen molar-refractivity contribution in [3.63, 3.8) is 0 Å². The van der Waals surface area contributed by atoms with Gasteiger partial charge in [0.05, 0.1) is 12.5 Å². The number of nitrogens with zero attached hydrogens (tertiary/aromatic N) is 1. The Hall–Kier alpha value is -1.86. The number of fused-ring (bicyclic) bond motifs is 1. The Morgan fingerprint density at radius 2 is 2.27 bits per heavy atom. The summed E-state index contributed by atoms with van der Waals surface area (Å²) in [5.74, 6) is -0.0678. The van der Waals surface area contributed by atoms with Gasteiger partial charge in [0, 0.05) is 5.39 Å². The van der Waals surface area contributed by atoms with E-state index in [2.05, 4.69) is 0 Å². The van der Waals surface area contributed by atoms with Crippen LogP contribution in [0, 0.1) is 17.1 Å². The lowest BCUT2D eigenvalue weighted by Crippen LogP contribution is -1.92. The smallest absolute Gasteiger partial charge is 0.134 e. The standard InChI is InChI=1S/C11H8FNO2/c12-8-1-2-10-7(5-8)6-11(15-10)9(14)3-4-13/h1-2,5-6,9,14H,3H2/t9-/m0/s1. The normalized spacial score (nSPS) is 12.6. The third-order valence-corrected chi connectivity index (χ3v) is 2.11. The molecule has 0 unspecified atom stereocenters. The van der Waals surface area contributed by atoms with E-state index in [0.717, 1.165) is 0 Å². The Morgan fingerprint density at radius 3 is 3.00 bits per heavy atom. The fraction of sp³-hybridized carbons (Fsp3) is 0.182. The molecule has 0 amide bonds. The van der Waals surface area contributed by atoms with Crippen molar-refractivity contribution in [3.05, 3.63) is 35.8 Å². The van der Waals surface area contributed by atoms with Crippen LogP contribution in [0.25, 0.3) is 11.0 Å². The summed E-state index contributed by atoms with van der Waals surface area (Å²) in [4.78, 5) is 0. The summed E-state index contributed by atoms with van der Waals surface area (Å²) < 4.78 is 18.1. The zero-order valence-corrected chi connectivity index (χ0v) is 7.77. The van der Waals surface area contributed by atoms with Crippen molar-refractivity contribution in [1.29, 1.82) is 5.26 Å². The average molecular weight is 205 g/mol. The first-order valence-corrected chi connectivity index (χ1v) is 4.44. The second kappa shape index (κ2) is 3.71. The molecule has 2 rings (SSSR count). The Morgan fingerprint density at radius 1 is 1.47 bits per heavy atom. The van der Waals surface area contributed by atoms with Gasteiger partial charge in [0.25, 0.3) is 0 Å². The molecule has 4 heteroatoms. The van der Waals surface area contributed by atoms with Gasteiger partial charge in [0.2, 0.25) is 0 Å². The Bertz CT molecular complexity index is 527. The SMILES string of the molecule is N#CC[C@H](O)c1cc2cc(F)ccc2o1. The van der Waals surface area contributed by atoms with Crippen molar-refractivity contribution in [2.75, 3.05) is 0 Å². The van der Waals surface area contributed by atoms with Crippen molar-refractivity contribution in [2.24, 2.45) is 0 Å². The molecule has 76 valence electrons. The number of hydrogen-bond acceptors (Lipinski definition) is 3. The first-order chi connectivity index (χ1) is 7.20. The summed E-state index contributed by atoms with van der Waals surface area (Å²) >= 11 is 0. The van der Waals surface area contributed by atoms with Gasteiger partial charge in [-0.25, -0.2) is 4.39 Å². The molecule has 1 aromatic heterocycles. The van der Waals surface area contributed by atoms with Crippen molar-refractivity contribution >= 4 is 11.0 Å². The molecular formula is C11H8FNO2. The number of aliphatic hydroxyl groups is 1. The summed E-state index contributed by atoms with van der Waals surface area (Å²) in [7, 11) is 0. The number of aliphatic hydroxyl groups excluding tert-OH is 1. The number of benzene rings is 1. The molecule has 0 aliphatic rings. The molecular weight excluding hydrogens is 197 g/mol. The van der Waals surface area contributed by atoms with Gasteiger partial charge in [-0.1, -0.05) is 0 Å². The van der Waals surface area contributed by atoms with Gasteiger partial charge < -0.3 is 9.52 Å². The number of rotatable bonds is 2. The molecule has 0 saturated carbocycles. The van der Waals surface area contributed by atoms with Gasteiger partial charge in [-0.3, -0.25) is 0 Å². The first kappa shape index (κ1) is 9.69. The summed E-state index contributed by atoms with van der Waals surface area (Å²) in [6.07, 6.45) is -0.993. The summed E-state index contributed by atoms with van der Waals surface area (Å²) in [5, 5.41) is 18.5. The van der Waals surface area contributed by atoms with Gasteiger partial charge in [0.15, 0.2) is 0 Å². The van der Waals surface area contributed by atoms with Gasteiger partial charge in [0.1, 0.15) is 23.3 Å². The molecule has 0 spiro atoms. The maximum Gasteiger partial charge on any atom is 0.134 e. The molecule has 0 bridgehead atoms. The molecule has 1 N–H and O–H groups in total. The van der Waals surface area contributed by atoms with Crippen LogP contribution in [-0.4, -0.2) is 5.11 Å². The number of halogens is 1. The van der Waals surface area contributed by atoms with Crippen molar-refractivity contribution in [3.8, 4) is 6.07 Å². The summed E-state index contributed by atoms with van der Waals surface area (Å²) in [5.41, 5.74) is 0.503. The summed E-state index contributed by atoms with van der Waals surface area (Å²) in [6.45, 7) is 0. The molecule has 0 fully saturated rings. The van der Waals surface area contributed by atoms with E-state index in [-0.39, 0.29) is 18.0 Å². The van der Waals surface area contributed by atoms with Crippen LogP contribution in [0.15, 0.2) is 28.7 Å². The monoisotopic (exact) mass is 205 g/mol. The van der Waals surface area contributed by atoms with Crippen LogP contribution in [0.2, 0.25) is 0 Å². The van der Waals surface area contributed by atoms with Gasteiger partial charge in [-0.2, -0.15) is 5.26 Å². The Kier molecular flexibility index (Phi) is 2.40. The van der Waals surface area contributed by atoms with E-state index in [0.29, 0.717) is 11.0 Å². The van der Waals surface area contributed by atoms with E-state index in [1.807, 2.05) is 6.07 Å². The quantitative estimate of drug-likeness (QED) is 0.819. The van der Waals surface area contributed by atoms with E-state index in [1.54, 1.807) is 6.07 Å². The van der Waals surface area contributed by atoms with Crippen molar-refractivity contribution < 1.29 is 13.9 Å². The van der Waals surface area contributed by atoms with Crippen LogP contribution in [-0.2, 0) is 0 Å². The predicted molar refractivity (Wildman–Crippen MR) is 51.4 cm³/mol. The second-order valence-electron chi connectivity index (χ2n) is 3.21. The summed E-state index contributed by atoms with van der Waals surface area (Å²) in [6, 6.07) is 7.48. The number of nitriles is 1. The van der Waals surface area contributed by atoms with Crippen molar-refractivity contribution in [1.82, 2.24) is 0 Å². The number of hydrogen-bond donors (Lipinski definition) is 1. The fourth-order valence-corrected chi connectivity index (χ4v) is 1.39. The molecule has 0 saturated heterocycles. The highest BCUT2D eigenvalue weighted by Crippen LogP contribution is 2.25. The molecule has 1 aromatic carbocycles. The van der Waals surface area contributed by atoms with Gasteiger partial charge in [-0.15, -0.1) is 0 Å². The fourth-order valence-electron chi connectivity index (χ4n) is 1.39. The molecule has 3 nitrogen and oxygen atoms in total. The zero-order valence-electron chi connectivity index (χ0n) is 7.77. The zero-order chi connectivity index (χ0) is 10.8. The topological polar surface area (TPSA) is 57.2 Å². The highest BCUT2D eigenvalue weighted by atomic mass is 19.1. The maximum absolute atomic E-state index is 12.8. The highest BCUT2D eigenvalue weighted by molar-refractivity contribution is 5.77. The molecule has 1 heterocycles. The Labute approximate surface area is 85.4 Å². The molecule has 0 aliphatic heterocycles. The van der Waals surface area contributed by atoms with Gasteiger partial charge in [-0.05, 0) is 24.3 Å². The van der Waals surface area contributed by atoms with E-state index in [9.17, 15) is 9.50 Å². The molecule has 15 heavy (non-hydrogen) atoms. The van der Waals surface area contributed by atoms with Crippen LogP contribution in [0.4, 0.5) is 4.39 Å². The minimum atomic E-state index is -0.953. The molecule has 2 aromatic rings. The Balaban J connectivity index is 2.43.